The Kier molecular flexibility index (Phi) is 6.38. The zero-order chi connectivity index (χ0) is 22.4. The molecule has 8 nitrogen and oxygen atoms in total. The van der Waals surface area contributed by atoms with Crippen LogP contribution in [0.15, 0.2) is 0 Å². The van der Waals surface area contributed by atoms with Crippen LogP contribution in [0.3, 0.4) is 0 Å². The number of fused-ring (bicyclic) bond motifs is 3. The SMILES string of the molecule is CC(=O)NC1CCN(C(=O)CC2C(O)CCC3C4(C)COC(CN)OC4CCC23C)C1. The fourth-order valence-corrected chi connectivity index (χ4v) is 7.12. The topological polar surface area (TPSA) is 114 Å². The van der Waals surface area contributed by atoms with E-state index in [-0.39, 0.29) is 47.0 Å². The number of nitrogens with two attached hydrogens (primary N) is 1. The van der Waals surface area contributed by atoms with E-state index in [1.54, 1.807) is 0 Å². The average molecular weight is 438 g/mol. The Morgan fingerprint density at radius 1 is 1.19 bits per heavy atom. The number of aliphatic hydroxyl groups excluding tert-OH is 1. The zero-order valence-corrected chi connectivity index (χ0v) is 19.1. The molecule has 0 aromatic carbocycles. The van der Waals surface area contributed by atoms with E-state index in [4.69, 9.17) is 15.2 Å². The first-order chi connectivity index (χ1) is 14.7. The highest BCUT2D eigenvalue weighted by atomic mass is 16.7. The summed E-state index contributed by atoms with van der Waals surface area (Å²) in [6.07, 6.45) is 3.90. The lowest BCUT2D eigenvalue weighted by Gasteiger charge is -2.63. The minimum absolute atomic E-state index is 0.0300. The van der Waals surface area contributed by atoms with Gasteiger partial charge in [0.2, 0.25) is 11.8 Å². The number of nitrogens with zero attached hydrogens (tertiary/aromatic N) is 1. The number of carbonyl (C=O) groups is 2. The average Bonchev–Trinajstić information content (AvgIpc) is 3.18. The van der Waals surface area contributed by atoms with E-state index in [0.717, 1.165) is 25.7 Å². The number of likely N-dealkylation sites (tertiary alicyclic amines) is 1. The third kappa shape index (κ3) is 4.12. The second-order valence-electron chi connectivity index (χ2n) is 10.7. The molecule has 2 aliphatic heterocycles. The van der Waals surface area contributed by atoms with Crippen molar-refractivity contribution < 1.29 is 24.2 Å². The van der Waals surface area contributed by atoms with Gasteiger partial charge in [0.1, 0.15) is 0 Å². The van der Waals surface area contributed by atoms with Crippen LogP contribution < -0.4 is 11.1 Å². The highest BCUT2D eigenvalue weighted by Crippen LogP contribution is 2.62. The second-order valence-corrected chi connectivity index (χ2v) is 10.7. The van der Waals surface area contributed by atoms with Gasteiger partial charge in [-0.2, -0.15) is 0 Å². The van der Waals surface area contributed by atoms with E-state index < -0.39 is 6.10 Å². The van der Waals surface area contributed by atoms with Crippen LogP contribution in [-0.4, -0.2) is 72.6 Å². The van der Waals surface area contributed by atoms with E-state index in [1.807, 2.05) is 4.90 Å². The van der Waals surface area contributed by atoms with Gasteiger partial charge in [0.15, 0.2) is 6.29 Å². The van der Waals surface area contributed by atoms with Crippen molar-refractivity contribution in [3.63, 3.8) is 0 Å². The van der Waals surface area contributed by atoms with Crippen molar-refractivity contribution in [3.8, 4) is 0 Å². The van der Waals surface area contributed by atoms with Gasteiger partial charge in [-0.3, -0.25) is 9.59 Å². The molecule has 0 spiro atoms. The summed E-state index contributed by atoms with van der Waals surface area (Å²) in [5, 5.41) is 13.9. The number of ether oxygens (including phenoxy) is 2. The van der Waals surface area contributed by atoms with Crippen LogP contribution in [0.25, 0.3) is 0 Å². The van der Waals surface area contributed by atoms with Crippen molar-refractivity contribution in [2.24, 2.45) is 28.4 Å². The summed E-state index contributed by atoms with van der Waals surface area (Å²) in [4.78, 5) is 26.4. The Labute approximate surface area is 185 Å². The second kappa shape index (κ2) is 8.61. The van der Waals surface area contributed by atoms with Gasteiger partial charge < -0.3 is 30.5 Å². The molecule has 8 heteroatoms. The monoisotopic (exact) mass is 437 g/mol. The molecule has 176 valence electrons. The Morgan fingerprint density at radius 2 is 1.97 bits per heavy atom. The molecule has 4 fully saturated rings. The summed E-state index contributed by atoms with van der Waals surface area (Å²) in [6, 6.07) is 0.0300. The van der Waals surface area contributed by atoms with Crippen molar-refractivity contribution in [3.05, 3.63) is 0 Å². The third-order valence-electron chi connectivity index (χ3n) is 8.77. The molecule has 8 unspecified atom stereocenters. The fraction of sp³-hybridized carbons (Fsp3) is 0.913. The molecule has 4 aliphatic rings. The smallest absolute Gasteiger partial charge is 0.223 e. The van der Waals surface area contributed by atoms with E-state index in [2.05, 4.69) is 19.2 Å². The maximum atomic E-state index is 13.2. The first-order valence-electron chi connectivity index (χ1n) is 11.9. The molecule has 2 saturated heterocycles. The molecule has 0 radical (unpaired) electrons. The third-order valence-corrected chi connectivity index (χ3v) is 8.77. The zero-order valence-electron chi connectivity index (χ0n) is 19.1. The van der Waals surface area contributed by atoms with Crippen molar-refractivity contribution >= 4 is 11.8 Å². The van der Waals surface area contributed by atoms with Crippen molar-refractivity contribution in [1.82, 2.24) is 10.2 Å². The van der Waals surface area contributed by atoms with Gasteiger partial charge in [-0.25, -0.2) is 0 Å². The molecule has 2 amide bonds. The number of hydrogen-bond acceptors (Lipinski definition) is 6. The Balaban J connectivity index is 1.47. The maximum absolute atomic E-state index is 13.2. The predicted octanol–water partition coefficient (Wildman–Crippen LogP) is 1.01. The van der Waals surface area contributed by atoms with Crippen LogP contribution in [0.1, 0.15) is 59.3 Å². The van der Waals surface area contributed by atoms with Crippen LogP contribution in [0.2, 0.25) is 0 Å². The molecule has 0 bridgehead atoms. The number of nitrogens with one attached hydrogen (secondary N) is 1. The van der Waals surface area contributed by atoms with E-state index in [1.165, 1.54) is 6.92 Å². The van der Waals surface area contributed by atoms with E-state index >= 15 is 0 Å². The fourth-order valence-electron chi connectivity index (χ4n) is 7.12. The molecule has 2 heterocycles. The normalized spacial score (nSPS) is 45.0. The first-order valence-corrected chi connectivity index (χ1v) is 11.9. The van der Waals surface area contributed by atoms with Crippen LogP contribution >= 0.6 is 0 Å². The molecule has 31 heavy (non-hydrogen) atoms. The Bertz CT molecular complexity index is 705. The Morgan fingerprint density at radius 3 is 2.68 bits per heavy atom. The number of amides is 2. The summed E-state index contributed by atoms with van der Waals surface area (Å²) in [7, 11) is 0. The predicted molar refractivity (Wildman–Crippen MR) is 115 cm³/mol. The minimum Gasteiger partial charge on any atom is -0.393 e. The highest BCUT2D eigenvalue weighted by molar-refractivity contribution is 5.77. The van der Waals surface area contributed by atoms with Gasteiger partial charge >= 0.3 is 0 Å². The van der Waals surface area contributed by atoms with Gasteiger partial charge in [-0.15, -0.1) is 0 Å². The van der Waals surface area contributed by atoms with Gasteiger partial charge in [0.05, 0.1) is 18.8 Å². The van der Waals surface area contributed by atoms with Crippen molar-refractivity contribution in [2.45, 2.75) is 83.8 Å². The quantitative estimate of drug-likeness (QED) is 0.605. The van der Waals surface area contributed by atoms with Gasteiger partial charge in [0, 0.05) is 44.4 Å². The van der Waals surface area contributed by atoms with Crippen LogP contribution in [0.4, 0.5) is 0 Å². The van der Waals surface area contributed by atoms with Crippen molar-refractivity contribution in [2.75, 3.05) is 26.2 Å². The van der Waals surface area contributed by atoms with Gasteiger partial charge in [-0.1, -0.05) is 13.8 Å². The largest absolute Gasteiger partial charge is 0.393 e. The number of rotatable bonds is 4. The Hall–Kier alpha value is -1.22. The molecule has 4 rings (SSSR count). The van der Waals surface area contributed by atoms with Crippen LogP contribution in [0.5, 0.6) is 0 Å². The molecule has 0 aromatic rings. The van der Waals surface area contributed by atoms with Crippen LogP contribution in [-0.2, 0) is 19.1 Å². The number of hydrogen-bond donors (Lipinski definition) is 3. The lowest BCUT2D eigenvalue weighted by Crippen LogP contribution is -2.63. The maximum Gasteiger partial charge on any atom is 0.223 e. The lowest BCUT2D eigenvalue weighted by molar-refractivity contribution is -0.305. The summed E-state index contributed by atoms with van der Waals surface area (Å²) in [5.74, 6) is 0.273. The summed E-state index contributed by atoms with van der Waals surface area (Å²) < 4.78 is 12.1. The molecule has 0 aromatic heterocycles. The molecule has 2 saturated carbocycles. The summed E-state index contributed by atoms with van der Waals surface area (Å²) in [6.45, 7) is 8.22. The van der Waals surface area contributed by atoms with Crippen LogP contribution in [0, 0.1) is 22.7 Å². The number of carbonyl (C=O) groups excluding carboxylic acids is 2. The van der Waals surface area contributed by atoms with Gasteiger partial charge in [-0.05, 0) is 49.4 Å². The molecular weight excluding hydrogens is 398 g/mol. The van der Waals surface area contributed by atoms with Gasteiger partial charge in [0.25, 0.3) is 0 Å². The molecule has 8 atom stereocenters. The lowest BCUT2D eigenvalue weighted by atomic mass is 9.46. The van der Waals surface area contributed by atoms with E-state index in [9.17, 15) is 14.7 Å². The first kappa shape index (κ1) is 23.0. The molecule has 4 N–H and O–H groups in total. The number of aliphatic hydroxyl groups is 1. The molecular formula is C23H39N3O5. The standard InChI is InChI=1S/C23H39N3O5/c1-14(27)25-15-7-9-26(12-15)20(29)10-16-17(28)4-5-18-22(16,2)8-6-19-23(18,3)13-30-21(11-24)31-19/h15-19,21,28H,4-13,24H2,1-3H3,(H,25,27). The summed E-state index contributed by atoms with van der Waals surface area (Å²) in [5.41, 5.74) is 5.49. The van der Waals surface area contributed by atoms with Crippen molar-refractivity contribution in [1.29, 1.82) is 0 Å². The summed E-state index contributed by atoms with van der Waals surface area (Å²) >= 11 is 0. The highest BCUT2D eigenvalue weighted by Gasteiger charge is 2.61. The minimum atomic E-state index is -0.471. The van der Waals surface area contributed by atoms with E-state index in [0.29, 0.717) is 45.0 Å². The molecule has 2 aliphatic carbocycles.